The second-order valence-corrected chi connectivity index (χ2v) is 5.43. The second-order valence-electron chi connectivity index (χ2n) is 3.35. The zero-order valence-electron chi connectivity index (χ0n) is 11.0. The molecule has 0 spiro atoms. The molecule has 0 saturated carbocycles. The number of rotatable bonds is 3. The summed E-state index contributed by atoms with van der Waals surface area (Å²) in [6.45, 7) is 3.79. The van der Waals surface area contributed by atoms with Crippen molar-refractivity contribution in [3.05, 3.63) is 0 Å². The molecule has 0 unspecified atom stereocenters. The molecule has 9 heteroatoms. The Bertz CT molecular complexity index is 321. The molecule has 2 N–H and O–H groups in total. The monoisotopic (exact) mass is 310 g/mol. The summed E-state index contributed by atoms with van der Waals surface area (Å²) >= 11 is 7.59. The van der Waals surface area contributed by atoms with Crippen molar-refractivity contribution in [1.82, 2.24) is 13.9 Å². The maximum Gasteiger partial charge on any atom is 0.355 e. The fourth-order valence-corrected chi connectivity index (χ4v) is 2.45. The first-order valence-corrected chi connectivity index (χ1v) is 7.81. The number of nitrogens with one attached hydrogen (secondary N) is 2. The van der Waals surface area contributed by atoms with Crippen LogP contribution in [0.5, 0.6) is 0 Å². The van der Waals surface area contributed by atoms with Gasteiger partial charge < -0.3 is 10.1 Å². The van der Waals surface area contributed by atoms with Gasteiger partial charge >= 0.3 is 6.03 Å². The smallest absolute Gasteiger partial charge is 0.355 e. The van der Waals surface area contributed by atoms with E-state index in [4.69, 9.17) is 22.4 Å². The number of methoxy groups -OCH3 is 1. The molecule has 0 bridgehead atoms. The number of carbonyl (C=O) groups is 1. The lowest BCUT2D eigenvalue weighted by molar-refractivity contribution is 0.222. The third kappa shape index (κ3) is 4.91. The van der Waals surface area contributed by atoms with Gasteiger partial charge in [-0.3, -0.25) is 5.41 Å². The van der Waals surface area contributed by atoms with Crippen molar-refractivity contribution >= 4 is 53.3 Å². The molecule has 0 aliphatic carbocycles. The topological polar surface area (TPSA) is 68.7 Å². The molecule has 0 aromatic carbocycles. The molecule has 2 amide bonds. The summed E-state index contributed by atoms with van der Waals surface area (Å²) in [4.78, 5) is 13.2. The lowest BCUT2D eigenvalue weighted by Crippen LogP contribution is -2.51. The maximum atomic E-state index is 12.2. The first-order chi connectivity index (χ1) is 8.38. The highest BCUT2D eigenvalue weighted by molar-refractivity contribution is 8.12. The van der Waals surface area contributed by atoms with Crippen LogP contribution in [0.15, 0.2) is 0 Å². The molecule has 0 aliphatic heterocycles. The SMILES string of the molecule is COC(=N)N(C(=O)N(SC)SC)C(=S)NC(C)C. The van der Waals surface area contributed by atoms with Gasteiger partial charge in [0.2, 0.25) is 0 Å². The van der Waals surface area contributed by atoms with E-state index in [0.29, 0.717) is 0 Å². The van der Waals surface area contributed by atoms with Gasteiger partial charge in [0.15, 0.2) is 5.11 Å². The summed E-state index contributed by atoms with van der Waals surface area (Å²) in [6, 6.07) is -0.680. The molecule has 18 heavy (non-hydrogen) atoms. The molecule has 6 nitrogen and oxygen atoms in total. The van der Waals surface area contributed by atoms with Crippen LogP contribution in [0.3, 0.4) is 0 Å². The Hall–Kier alpha value is -0.670. The number of urea groups is 1. The van der Waals surface area contributed by atoms with Crippen molar-refractivity contribution in [2.45, 2.75) is 19.9 Å². The minimum absolute atomic E-state index is 0.0643. The van der Waals surface area contributed by atoms with Gasteiger partial charge in [-0.15, -0.1) is 0 Å². The van der Waals surface area contributed by atoms with Crippen molar-refractivity contribution in [1.29, 1.82) is 5.41 Å². The highest BCUT2D eigenvalue weighted by atomic mass is 32.2. The zero-order valence-corrected chi connectivity index (χ0v) is 13.5. The Morgan fingerprint density at radius 3 is 2.22 bits per heavy atom. The van der Waals surface area contributed by atoms with Crippen LogP contribution in [0.25, 0.3) is 0 Å². The molecular formula is C9H18N4O2S3. The Labute approximate surface area is 122 Å². The van der Waals surface area contributed by atoms with E-state index in [-0.39, 0.29) is 17.2 Å². The molecule has 0 heterocycles. The van der Waals surface area contributed by atoms with Gasteiger partial charge in [0.05, 0.1) is 7.11 Å². The average Bonchev–Trinajstić information content (AvgIpc) is 2.29. The normalized spacial score (nSPS) is 9.89. The number of thiocarbonyl (C=S) groups is 1. The van der Waals surface area contributed by atoms with E-state index in [1.54, 1.807) is 12.5 Å². The van der Waals surface area contributed by atoms with Gasteiger partial charge in [-0.05, 0) is 50.0 Å². The van der Waals surface area contributed by atoms with Crippen LogP contribution in [-0.4, -0.2) is 51.4 Å². The number of amidine groups is 1. The van der Waals surface area contributed by atoms with E-state index < -0.39 is 6.03 Å². The fourth-order valence-electron chi connectivity index (χ4n) is 0.981. The van der Waals surface area contributed by atoms with Gasteiger partial charge in [0.25, 0.3) is 6.02 Å². The van der Waals surface area contributed by atoms with Crippen LogP contribution < -0.4 is 5.32 Å². The summed E-state index contributed by atoms with van der Waals surface area (Å²) in [5, 5.41) is 10.7. The van der Waals surface area contributed by atoms with Crippen molar-refractivity contribution in [3.63, 3.8) is 0 Å². The predicted octanol–water partition coefficient (Wildman–Crippen LogP) is 2.13. The summed E-state index contributed by atoms with van der Waals surface area (Å²) in [7, 11) is 1.32. The van der Waals surface area contributed by atoms with Crippen molar-refractivity contribution in [2.24, 2.45) is 0 Å². The standard InChI is InChI=1S/C9H18N4O2S3/c1-6(2)11-8(16)12(7(10)15-3)9(14)13(17-4)18-5/h6,10H,1-5H3,(H,11,16). The van der Waals surface area contributed by atoms with Crippen molar-refractivity contribution in [2.75, 3.05) is 19.6 Å². The Kier molecular flexibility index (Phi) is 8.12. The summed E-state index contributed by atoms with van der Waals surface area (Å²) in [6.07, 6.45) is 3.53. The number of hydrogen-bond acceptors (Lipinski definition) is 6. The molecule has 0 aromatic rings. The van der Waals surface area contributed by atoms with E-state index >= 15 is 0 Å². The predicted molar refractivity (Wildman–Crippen MR) is 81.7 cm³/mol. The molecular weight excluding hydrogens is 292 g/mol. The molecule has 0 atom stereocenters. The summed E-state index contributed by atoms with van der Waals surface area (Å²) < 4.78 is 6.20. The Balaban J connectivity index is 5.05. The van der Waals surface area contributed by atoms with Crippen LogP contribution >= 0.6 is 36.1 Å². The van der Waals surface area contributed by atoms with E-state index in [2.05, 4.69) is 5.32 Å². The molecule has 0 rings (SSSR count). The largest absolute Gasteiger partial charge is 0.468 e. The minimum Gasteiger partial charge on any atom is -0.468 e. The zero-order chi connectivity index (χ0) is 14.3. The molecule has 0 aliphatic rings. The number of ether oxygens (including phenoxy) is 1. The van der Waals surface area contributed by atoms with E-state index in [0.717, 1.165) is 4.90 Å². The molecule has 0 saturated heterocycles. The Morgan fingerprint density at radius 2 is 1.89 bits per heavy atom. The van der Waals surface area contributed by atoms with Gasteiger partial charge in [0, 0.05) is 18.6 Å². The lowest BCUT2D eigenvalue weighted by Gasteiger charge is -2.27. The minimum atomic E-state index is -0.431. The van der Waals surface area contributed by atoms with E-state index in [1.165, 1.54) is 34.7 Å². The van der Waals surface area contributed by atoms with Crippen LogP contribution in [0.1, 0.15) is 13.8 Å². The average molecular weight is 310 g/mol. The quantitative estimate of drug-likeness (QED) is 0.360. The molecule has 0 radical (unpaired) electrons. The third-order valence-corrected chi connectivity index (χ3v) is 3.86. The summed E-state index contributed by atoms with van der Waals surface area (Å²) in [5.74, 6) is 0. The second kappa shape index (κ2) is 8.44. The fraction of sp³-hybridized carbons (Fsp3) is 0.667. The van der Waals surface area contributed by atoms with Gasteiger partial charge in [-0.2, -0.15) is 4.90 Å². The maximum absolute atomic E-state index is 12.2. The molecule has 104 valence electrons. The van der Waals surface area contributed by atoms with Crippen molar-refractivity contribution < 1.29 is 9.53 Å². The summed E-state index contributed by atoms with van der Waals surface area (Å²) in [5.41, 5.74) is 0. The van der Waals surface area contributed by atoms with E-state index in [9.17, 15) is 4.79 Å². The molecule has 0 fully saturated rings. The number of amides is 2. The molecule has 0 aromatic heterocycles. The van der Waals surface area contributed by atoms with E-state index in [1.807, 2.05) is 13.8 Å². The number of carbonyl (C=O) groups excluding carboxylic acids is 1. The van der Waals surface area contributed by atoms with Crippen LogP contribution in [-0.2, 0) is 4.74 Å². The number of hydrogen-bond donors (Lipinski definition) is 2. The van der Waals surface area contributed by atoms with Gasteiger partial charge in [-0.1, -0.05) is 0 Å². The van der Waals surface area contributed by atoms with Crippen molar-refractivity contribution in [3.8, 4) is 0 Å². The van der Waals surface area contributed by atoms with Gasteiger partial charge in [-0.25, -0.2) is 8.51 Å². The highest BCUT2D eigenvalue weighted by Gasteiger charge is 2.29. The third-order valence-electron chi connectivity index (χ3n) is 1.69. The number of nitrogens with zero attached hydrogens (tertiary/aromatic N) is 2. The van der Waals surface area contributed by atoms with Gasteiger partial charge in [0.1, 0.15) is 0 Å². The lowest BCUT2D eigenvalue weighted by atomic mass is 10.4. The highest BCUT2D eigenvalue weighted by Crippen LogP contribution is 2.19. The van der Waals surface area contributed by atoms with Crippen LogP contribution in [0.2, 0.25) is 0 Å². The first-order valence-electron chi connectivity index (χ1n) is 5.04. The first kappa shape index (κ1) is 17.3. The van der Waals surface area contributed by atoms with Crippen LogP contribution in [0.4, 0.5) is 4.79 Å². The van der Waals surface area contributed by atoms with Crippen LogP contribution in [0, 0.1) is 5.41 Å². The Morgan fingerprint density at radius 1 is 1.39 bits per heavy atom.